The van der Waals surface area contributed by atoms with Crippen molar-refractivity contribution in [3.63, 3.8) is 0 Å². The smallest absolute Gasteiger partial charge is 0.375 e. The summed E-state index contributed by atoms with van der Waals surface area (Å²) >= 11 is 0. The van der Waals surface area contributed by atoms with Crippen LogP contribution in [0, 0.1) is 0 Å². The van der Waals surface area contributed by atoms with Crippen LogP contribution in [0.5, 0.6) is 0 Å². The molecule has 3 rings (SSSR count). The molecule has 8 heteroatoms. The zero-order valence-corrected chi connectivity index (χ0v) is 12.7. The molecule has 0 aliphatic heterocycles. The zero-order valence-electron chi connectivity index (χ0n) is 12.7. The molecule has 0 aromatic carbocycles. The fourth-order valence-electron chi connectivity index (χ4n) is 2.97. The lowest BCUT2D eigenvalue weighted by molar-refractivity contribution is -0.141. The monoisotopic (exact) mass is 326 g/mol. The largest absolute Gasteiger partial charge is 0.406 e. The Hall–Kier alpha value is -2.25. The van der Waals surface area contributed by atoms with Crippen LogP contribution in [-0.4, -0.2) is 20.5 Å². The van der Waals surface area contributed by atoms with Crippen molar-refractivity contribution in [2.75, 3.05) is 5.32 Å². The van der Waals surface area contributed by atoms with Crippen molar-refractivity contribution < 1.29 is 13.2 Å². The van der Waals surface area contributed by atoms with Crippen LogP contribution in [0.4, 0.5) is 18.9 Å². The highest BCUT2D eigenvalue weighted by atomic mass is 19.4. The van der Waals surface area contributed by atoms with Gasteiger partial charge in [-0.2, -0.15) is 18.3 Å². The van der Waals surface area contributed by atoms with Gasteiger partial charge >= 0.3 is 6.18 Å². The average molecular weight is 326 g/mol. The van der Waals surface area contributed by atoms with Crippen LogP contribution in [0.1, 0.15) is 23.4 Å². The van der Waals surface area contributed by atoms with E-state index in [4.69, 9.17) is 0 Å². The van der Waals surface area contributed by atoms with Gasteiger partial charge in [0.15, 0.2) is 0 Å². The van der Waals surface area contributed by atoms with Crippen molar-refractivity contribution >= 4 is 5.69 Å². The van der Waals surface area contributed by atoms with Crippen LogP contribution >= 0.6 is 0 Å². The minimum Gasteiger partial charge on any atom is -0.375 e. The Labute approximate surface area is 130 Å². The summed E-state index contributed by atoms with van der Waals surface area (Å²) in [5, 5.41) is 7.39. The third-order valence-electron chi connectivity index (χ3n) is 4.01. The van der Waals surface area contributed by atoms with E-state index in [9.17, 15) is 18.0 Å². The molecule has 23 heavy (non-hydrogen) atoms. The number of halogens is 3. The predicted octanol–water partition coefficient (Wildman–Crippen LogP) is 2.24. The highest BCUT2D eigenvalue weighted by Gasteiger charge is 2.28. The summed E-state index contributed by atoms with van der Waals surface area (Å²) in [7, 11) is 1.84. The third kappa shape index (κ3) is 3.25. The van der Waals surface area contributed by atoms with Gasteiger partial charge in [-0.25, -0.2) is 0 Å². The summed E-state index contributed by atoms with van der Waals surface area (Å²) in [5.41, 5.74) is 2.72. The van der Waals surface area contributed by atoms with Gasteiger partial charge in [-0.15, -0.1) is 0 Å². The molecule has 124 valence electrons. The van der Waals surface area contributed by atoms with E-state index < -0.39 is 18.3 Å². The van der Waals surface area contributed by atoms with Crippen LogP contribution in [0.15, 0.2) is 23.1 Å². The topological polar surface area (TPSA) is 51.9 Å². The molecule has 1 aliphatic carbocycles. The van der Waals surface area contributed by atoms with Crippen LogP contribution in [0.2, 0.25) is 0 Å². The first-order valence-corrected chi connectivity index (χ1v) is 7.39. The maximum absolute atomic E-state index is 12.5. The lowest BCUT2D eigenvalue weighted by Gasteiger charge is -2.12. The molecule has 0 unspecified atom stereocenters. The summed E-state index contributed by atoms with van der Waals surface area (Å²) in [6.45, 7) is -0.924. The molecular weight excluding hydrogens is 309 g/mol. The summed E-state index contributed by atoms with van der Waals surface area (Å²) in [5.74, 6) is 0. The van der Waals surface area contributed by atoms with Gasteiger partial charge in [-0.05, 0) is 37.0 Å². The number of hydrogen-bond acceptors (Lipinski definition) is 3. The molecule has 0 amide bonds. The third-order valence-corrected chi connectivity index (χ3v) is 4.01. The van der Waals surface area contributed by atoms with E-state index in [1.54, 1.807) is 4.68 Å². The fourth-order valence-corrected chi connectivity index (χ4v) is 2.97. The van der Waals surface area contributed by atoms with Crippen molar-refractivity contribution in [2.45, 2.75) is 38.5 Å². The number of aryl methyl sites for hydroxylation is 2. The Bertz CT molecular complexity index is 776. The van der Waals surface area contributed by atoms with Crippen LogP contribution in [0.3, 0.4) is 0 Å². The number of anilines is 1. The van der Waals surface area contributed by atoms with Gasteiger partial charge in [0.25, 0.3) is 5.56 Å². The van der Waals surface area contributed by atoms with E-state index in [-0.39, 0.29) is 5.69 Å². The van der Waals surface area contributed by atoms with Crippen LogP contribution < -0.4 is 10.9 Å². The number of alkyl halides is 3. The van der Waals surface area contributed by atoms with E-state index >= 15 is 0 Å². The Morgan fingerprint density at radius 3 is 2.87 bits per heavy atom. The van der Waals surface area contributed by atoms with Gasteiger partial charge in [0, 0.05) is 13.2 Å². The van der Waals surface area contributed by atoms with Gasteiger partial charge in [-0.1, -0.05) is 0 Å². The van der Waals surface area contributed by atoms with Crippen molar-refractivity contribution in [1.29, 1.82) is 0 Å². The summed E-state index contributed by atoms with van der Waals surface area (Å²) in [6.07, 6.45) is -0.316. The Kier molecular flexibility index (Phi) is 3.91. The molecule has 2 heterocycles. The molecule has 0 fully saturated rings. The number of pyridine rings is 1. The highest BCUT2D eigenvalue weighted by Crippen LogP contribution is 2.24. The molecule has 1 aliphatic rings. The lowest BCUT2D eigenvalue weighted by Crippen LogP contribution is -2.29. The molecule has 2 aromatic heterocycles. The standard InChI is InChI=1S/C15H17F3N4O/c1-21-13(10-4-2-5-11(10)20-21)8-19-12-6-3-7-22(14(12)23)9-15(16,17)18/h3,6-7,19H,2,4-5,8-9H2,1H3. The van der Waals surface area contributed by atoms with E-state index in [0.29, 0.717) is 11.1 Å². The molecule has 1 N–H and O–H groups in total. The molecule has 5 nitrogen and oxygen atoms in total. The Balaban J connectivity index is 1.79. The summed E-state index contributed by atoms with van der Waals surface area (Å²) in [6, 6.07) is 2.93. The van der Waals surface area contributed by atoms with E-state index in [2.05, 4.69) is 10.4 Å². The van der Waals surface area contributed by atoms with E-state index in [1.165, 1.54) is 17.7 Å². The van der Waals surface area contributed by atoms with Crippen molar-refractivity contribution in [2.24, 2.45) is 7.05 Å². The maximum atomic E-state index is 12.5. The number of hydrogen-bond donors (Lipinski definition) is 1. The van der Waals surface area contributed by atoms with Gasteiger partial charge in [-0.3, -0.25) is 9.48 Å². The summed E-state index contributed by atoms with van der Waals surface area (Å²) in [4.78, 5) is 12.1. The summed E-state index contributed by atoms with van der Waals surface area (Å²) < 4.78 is 39.9. The molecule has 0 saturated carbocycles. The van der Waals surface area contributed by atoms with Crippen LogP contribution in [0.25, 0.3) is 0 Å². The van der Waals surface area contributed by atoms with Gasteiger partial charge in [0.1, 0.15) is 12.2 Å². The molecular formula is C15H17F3N4O. The number of nitrogens with zero attached hydrogens (tertiary/aromatic N) is 3. The second-order valence-corrected chi connectivity index (χ2v) is 5.67. The second kappa shape index (κ2) is 5.75. The lowest BCUT2D eigenvalue weighted by atomic mass is 10.2. The molecule has 0 spiro atoms. The van der Waals surface area contributed by atoms with Crippen molar-refractivity contribution in [3.8, 4) is 0 Å². The molecule has 2 aromatic rings. The fraction of sp³-hybridized carbons (Fsp3) is 0.467. The van der Waals surface area contributed by atoms with Crippen LogP contribution in [-0.2, 0) is 33.0 Å². The minimum absolute atomic E-state index is 0.157. The Morgan fingerprint density at radius 1 is 1.35 bits per heavy atom. The van der Waals surface area contributed by atoms with Crippen molar-refractivity contribution in [3.05, 3.63) is 45.6 Å². The first kappa shape index (κ1) is 15.6. The number of nitrogens with one attached hydrogen (secondary N) is 1. The minimum atomic E-state index is -4.43. The molecule has 0 bridgehead atoms. The van der Waals surface area contributed by atoms with Crippen molar-refractivity contribution in [1.82, 2.24) is 14.3 Å². The highest BCUT2D eigenvalue weighted by molar-refractivity contribution is 5.42. The predicted molar refractivity (Wildman–Crippen MR) is 79.3 cm³/mol. The number of aromatic nitrogens is 3. The van der Waals surface area contributed by atoms with E-state index in [1.807, 2.05) is 7.05 Å². The van der Waals surface area contributed by atoms with Gasteiger partial charge < -0.3 is 9.88 Å². The van der Waals surface area contributed by atoms with E-state index in [0.717, 1.165) is 36.8 Å². The SMILES string of the molecule is Cn1nc2c(c1CNc1cccn(CC(F)(F)F)c1=O)CCC2. The molecule has 0 saturated heterocycles. The average Bonchev–Trinajstić information content (AvgIpc) is 3.00. The van der Waals surface area contributed by atoms with Gasteiger partial charge in [0.05, 0.1) is 17.9 Å². The van der Waals surface area contributed by atoms with Gasteiger partial charge in [0.2, 0.25) is 0 Å². The first-order chi connectivity index (χ1) is 10.8. The molecule has 0 atom stereocenters. The first-order valence-electron chi connectivity index (χ1n) is 7.39. The Morgan fingerprint density at radius 2 is 2.13 bits per heavy atom. The number of fused-ring (bicyclic) bond motifs is 1. The zero-order chi connectivity index (χ0) is 16.6. The number of rotatable bonds is 4. The molecule has 0 radical (unpaired) electrons. The maximum Gasteiger partial charge on any atom is 0.406 e. The quantitative estimate of drug-likeness (QED) is 0.937. The second-order valence-electron chi connectivity index (χ2n) is 5.67. The normalized spacial score (nSPS) is 14.1.